The SMILES string of the molecule is CC(C)(C)c1nc(CN[C@H]2CCCN(c3cccnn3)C2)no1. The van der Waals surface area contributed by atoms with Gasteiger partial charge in [-0.2, -0.15) is 10.1 Å². The normalized spacial score (nSPS) is 19.1. The summed E-state index contributed by atoms with van der Waals surface area (Å²) in [7, 11) is 0. The van der Waals surface area contributed by atoms with Crippen LogP contribution in [0.2, 0.25) is 0 Å². The molecule has 0 unspecified atom stereocenters. The Bertz CT molecular complexity index is 621. The summed E-state index contributed by atoms with van der Waals surface area (Å²) >= 11 is 0. The van der Waals surface area contributed by atoms with Crippen LogP contribution in [-0.4, -0.2) is 39.5 Å². The highest BCUT2D eigenvalue weighted by atomic mass is 16.5. The summed E-state index contributed by atoms with van der Waals surface area (Å²) in [6, 6.07) is 4.32. The first-order valence-electron chi connectivity index (χ1n) is 8.11. The number of hydrogen-bond acceptors (Lipinski definition) is 7. The van der Waals surface area contributed by atoms with Crippen molar-refractivity contribution in [2.45, 2.75) is 51.6 Å². The van der Waals surface area contributed by atoms with Gasteiger partial charge in [0, 0.05) is 30.7 Å². The number of anilines is 1. The van der Waals surface area contributed by atoms with Gasteiger partial charge < -0.3 is 14.7 Å². The van der Waals surface area contributed by atoms with Gasteiger partial charge in [0.25, 0.3) is 0 Å². The van der Waals surface area contributed by atoms with E-state index in [1.165, 1.54) is 0 Å². The third kappa shape index (κ3) is 4.04. The molecule has 3 rings (SSSR count). The van der Waals surface area contributed by atoms with E-state index in [0.717, 1.165) is 31.7 Å². The molecule has 7 heteroatoms. The first-order chi connectivity index (χ1) is 11.0. The van der Waals surface area contributed by atoms with Crippen LogP contribution >= 0.6 is 0 Å². The second-order valence-corrected chi connectivity index (χ2v) is 7.01. The van der Waals surface area contributed by atoms with Gasteiger partial charge in [-0.25, -0.2) is 0 Å². The van der Waals surface area contributed by atoms with Crippen molar-refractivity contribution >= 4 is 5.82 Å². The van der Waals surface area contributed by atoms with Crippen molar-refractivity contribution < 1.29 is 4.52 Å². The highest BCUT2D eigenvalue weighted by Gasteiger charge is 2.23. The van der Waals surface area contributed by atoms with Gasteiger partial charge in [0.15, 0.2) is 11.6 Å². The maximum atomic E-state index is 5.33. The van der Waals surface area contributed by atoms with E-state index in [1.54, 1.807) is 6.20 Å². The van der Waals surface area contributed by atoms with Crippen LogP contribution in [0.15, 0.2) is 22.9 Å². The van der Waals surface area contributed by atoms with E-state index in [2.05, 4.69) is 51.3 Å². The summed E-state index contributed by atoms with van der Waals surface area (Å²) in [5, 5.41) is 15.7. The molecule has 0 spiro atoms. The Hall–Kier alpha value is -2.02. The van der Waals surface area contributed by atoms with E-state index in [1.807, 2.05) is 12.1 Å². The van der Waals surface area contributed by atoms with Crippen LogP contribution < -0.4 is 10.2 Å². The Kier molecular flexibility index (Phi) is 4.56. The molecular weight excluding hydrogens is 292 g/mol. The minimum absolute atomic E-state index is 0.112. The molecule has 0 aromatic carbocycles. The molecule has 1 saturated heterocycles. The molecule has 0 radical (unpaired) electrons. The van der Waals surface area contributed by atoms with Gasteiger partial charge in [-0.15, -0.1) is 5.10 Å². The van der Waals surface area contributed by atoms with Crippen molar-refractivity contribution in [3.63, 3.8) is 0 Å². The molecular formula is C16H24N6O. The zero-order chi connectivity index (χ0) is 16.3. The summed E-state index contributed by atoms with van der Waals surface area (Å²) in [5.41, 5.74) is -0.112. The predicted octanol–water partition coefficient (Wildman–Crippen LogP) is 1.92. The van der Waals surface area contributed by atoms with Gasteiger partial charge in [0.05, 0.1) is 6.54 Å². The molecule has 2 aromatic rings. The molecule has 1 N–H and O–H groups in total. The zero-order valence-corrected chi connectivity index (χ0v) is 14.0. The van der Waals surface area contributed by atoms with Gasteiger partial charge in [-0.3, -0.25) is 0 Å². The van der Waals surface area contributed by atoms with Crippen LogP contribution in [0.4, 0.5) is 5.82 Å². The number of rotatable bonds is 4. The molecule has 1 aliphatic heterocycles. The van der Waals surface area contributed by atoms with Gasteiger partial charge >= 0.3 is 0 Å². The minimum Gasteiger partial charge on any atom is -0.354 e. The summed E-state index contributed by atoms with van der Waals surface area (Å²) < 4.78 is 5.33. The van der Waals surface area contributed by atoms with Crippen LogP contribution in [-0.2, 0) is 12.0 Å². The van der Waals surface area contributed by atoms with E-state index in [0.29, 0.717) is 24.3 Å². The third-order valence-corrected chi connectivity index (χ3v) is 3.96. The van der Waals surface area contributed by atoms with E-state index in [9.17, 15) is 0 Å². The molecule has 1 atom stereocenters. The maximum absolute atomic E-state index is 5.33. The van der Waals surface area contributed by atoms with Crippen molar-refractivity contribution in [2.75, 3.05) is 18.0 Å². The maximum Gasteiger partial charge on any atom is 0.232 e. The van der Waals surface area contributed by atoms with Crippen LogP contribution in [0.25, 0.3) is 0 Å². The molecule has 3 heterocycles. The number of piperidine rings is 1. The Balaban J connectivity index is 1.55. The van der Waals surface area contributed by atoms with Gasteiger partial charge in [0.1, 0.15) is 0 Å². The Morgan fingerprint density at radius 2 is 2.26 bits per heavy atom. The smallest absolute Gasteiger partial charge is 0.232 e. The summed E-state index contributed by atoms with van der Waals surface area (Å²) in [6.07, 6.45) is 3.97. The summed E-state index contributed by atoms with van der Waals surface area (Å²) in [4.78, 5) is 6.74. The van der Waals surface area contributed by atoms with Gasteiger partial charge in [-0.1, -0.05) is 25.9 Å². The van der Waals surface area contributed by atoms with Gasteiger partial charge in [-0.05, 0) is 25.0 Å². The largest absolute Gasteiger partial charge is 0.354 e. The predicted molar refractivity (Wildman–Crippen MR) is 87.1 cm³/mol. The number of nitrogens with zero attached hydrogens (tertiary/aromatic N) is 5. The average Bonchev–Trinajstić information content (AvgIpc) is 3.03. The van der Waals surface area contributed by atoms with Crippen molar-refractivity contribution in [1.29, 1.82) is 0 Å². The fraction of sp³-hybridized carbons (Fsp3) is 0.625. The van der Waals surface area contributed by atoms with Crippen LogP contribution in [0.5, 0.6) is 0 Å². The van der Waals surface area contributed by atoms with Crippen molar-refractivity contribution in [3.8, 4) is 0 Å². The molecule has 124 valence electrons. The van der Waals surface area contributed by atoms with E-state index in [4.69, 9.17) is 4.52 Å². The summed E-state index contributed by atoms with van der Waals surface area (Å²) in [6.45, 7) is 8.77. The minimum atomic E-state index is -0.112. The quantitative estimate of drug-likeness (QED) is 0.923. The van der Waals surface area contributed by atoms with E-state index in [-0.39, 0.29) is 5.41 Å². The zero-order valence-electron chi connectivity index (χ0n) is 14.0. The summed E-state index contributed by atoms with van der Waals surface area (Å²) in [5.74, 6) is 2.33. The lowest BCUT2D eigenvalue weighted by Crippen LogP contribution is -2.46. The van der Waals surface area contributed by atoms with E-state index < -0.39 is 0 Å². The van der Waals surface area contributed by atoms with Crippen molar-refractivity contribution in [1.82, 2.24) is 25.7 Å². The second-order valence-electron chi connectivity index (χ2n) is 7.01. The topological polar surface area (TPSA) is 80.0 Å². The molecule has 1 fully saturated rings. The number of nitrogens with one attached hydrogen (secondary N) is 1. The van der Waals surface area contributed by atoms with Crippen LogP contribution in [0, 0.1) is 0 Å². The highest BCUT2D eigenvalue weighted by molar-refractivity contribution is 5.37. The average molecular weight is 316 g/mol. The van der Waals surface area contributed by atoms with Crippen LogP contribution in [0.3, 0.4) is 0 Å². The Morgan fingerprint density at radius 1 is 1.39 bits per heavy atom. The fourth-order valence-corrected chi connectivity index (χ4v) is 2.68. The number of aromatic nitrogens is 4. The Morgan fingerprint density at radius 3 is 2.96 bits per heavy atom. The molecule has 23 heavy (non-hydrogen) atoms. The molecule has 0 bridgehead atoms. The van der Waals surface area contributed by atoms with Gasteiger partial charge in [0.2, 0.25) is 5.89 Å². The molecule has 2 aromatic heterocycles. The number of hydrogen-bond donors (Lipinski definition) is 1. The van der Waals surface area contributed by atoms with E-state index >= 15 is 0 Å². The molecule has 0 aliphatic carbocycles. The lowest BCUT2D eigenvalue weighted by atomic mass is 9.97. The molecule has 0 saturated carbocycles. The standard InChI is InChI=1S/C16H24N6O/c1-16(2,3)15-19-13(21-23-15)10-17-12-6-5-9-22(11-12)14-7-4-8-18-20-14/h4,7-8,12,17H,5-6,9-11H2,1-3H3/t12-/m0/s1. The molecule has 7 nitrogen and oxygen atoms in total. The monoisotopic (exact) mass is 316 g/mol. The molecule has 1 aliphatic rings. The lowest BCUT2D eigenvalue weighted by molar-refractivity contribution is 0.316. The lowest BCUT2D eigenvalue weighted by Gasteiger charge is -2.33. The Labute approximate surface area is 136 Å². The highest BCUT2D eigenvalue weighted by Crippen LogP contribution is 2.20. The van der Waals surface area contributed by atoms with Crippen molar-refractivity contribution in [3.05, 3.63) is 30.0 Å². The third-order valence-electron chi connectivity index (χ3n) is 3.96. The van der Waals surface area contributed by atoms with Crippen molar-refractivity contribution in [2.24, 2.45) is 0 Å². The first kappa shape index (κ1) is 15.9. The molecule has 0 amide bonds. The van der Waals surface area contributed by atoms with Crippen LogP contribution in [0.1, 0.15) is 45.3 Å². The first-order valence-corrected chi connectivity index (χ1v) is 8.11. The second kappa shape index (κ2) is 6.62. The fourth-order valence-electron chi connectivity index (χ4n) is 2.68.